The topological polar surface area (TPSA) is 79.8 Å². The maximum absolute atomic E-state index is 12.9. The minimum Gasteiger partial charge on any atom is -0.495 e. The lowest BCUT2D eigenvalue weighted by molar-refractivity contribution is 0.0987. The van der Waals surface area contributed by atoms with Gasteiger partial charge >= 0.3 is 0 Å². The molecule has 0 radical (unpaired) electrons. The molecule has 2 rings (SSSR count). The van der Waals surface area contributed by atoms with E-state index in [0.29, 0.717) is 12.4 Å². The number of methoxy groups -OCH3 is 1. The van der Waals surface area contributed by atoms with Crippen molar-refractivity contribution in [3.05, 3.63) is 46.6 Å². The lowest BCUT2D eigenvalue weighted by atomic mass is 10.2. The van der Waals surface area contributed by atoms with Gasteiger partial charge in [0, 0.05) is 36.9 Å². The third-order valence-electron chi connectivity index (χ3n) is 3.72. The van der Waals surface area contributed by atoms with Crippen molar-refractivity contribution in [1.82, 2.24) is 9.29 Å². The van der Waals surface area contributed by atoms with E-state index in [1.54, 1.807) is 18.3 Å². The van der Waals surface area contributed by atoms with Crippen LogP contribution in [0.4, 0.5) is 5.82 Å². The molecule has 0 aliphatic carbocycles. The van der Waals surface area contributed by atoms with Crippen LogP contribution in [0.2, 0.25) is 0 Å². The summed E-state index contributed by atoms with van der Waals surface area (Å²) in [5, 5.41) is 0. The van der Waals surface area contributed by atoms with Gasteiger partial charge in [-0.1, -0.05) is 0 Å². The number of carbonyl (C=O) groups is 1. The number of anilines is 1. The van der Waals surface area contributed by atoms with Crippen LogP contribution in [0, 0.1) is 0 Å². The van der Waals surface area contributed by atoms with Crippen LogP contribution in [-0.4, -0.2) is 51.4 Å². The van der Waals surface area contributed by atoms with Gasteiger partial charge in [-0.25, -0.2) is 17.7 Å². The van der Waals surface area contributed by atoms with Crippen molar-refractivity contribution >= 4 is 37.7 Å². The summed E-state index contributed by atoms with van der Waals surface area (Å²) in [5.41, 5.74) is 0.234. The van der Waals surface area contributed by atoms with Crippen LogP contribution in [-0.2, 0) is 10.0 Å². The number of hydrogen-bond acceptors (Lipinski definition) is 5. The zero-order chi connectivity index (χ0) is 19.5. The quantitative estimate of drug-likeness (QED) is 0.688. The van der Waals surface area contributed by atoms with Crippen LogP contribution < -0.4 is 9.64 Å². The second kappa shape index (κ2) is 8.15. The first kappa shape index (κ1) is 20.3. The Balaban J connectivity index is 2.50. The largest absolute Gasteiger partial charge is 0.495 e. The molecule has 0 unspecified atom stereocenters. The highest BCUT2D eigenvalue weighted by Crippen LogP contribution is 2.28. The zero-order valence-corrected chi connectivity index (χ0v) is 17.3. The molecule has 0 N–H and O–H groups in total. The maximum atomic E-state index is 12.9. The minimum absolute atomic E-state index is 0.0596. The van der Waals surface area contributed by atoms with E-state index in [1.165, 1.54) is 44.3 Å². The summed E-state index contributed by atoms with van der Waals surface area (Å²) in [5.74, 6) is 0.314. The van der Waals surface area contributed by atoms with E-state index < -0.39 is 10.0 Å². The summed E-state index contributed by atoms with van der Waals surface area (Å²) in [4.78, 5) is 18.6. The number of carbonyl (C=O) groups excluding carboxylic acids is 1. The number of halogens is 1. The predicted octanol–water partition coefficient (Wildman–Crippen LogP) is 2.77. The van der Waals surface area contributed by atoms with Crippen LogP contribution in [0.3, 0.4) is 0 Å². The Kier molecular flexibility index (Phi) is 6.38. The number of sulfonamides is 1. The second-order valence-electron chi connectivity index (χ2n) is 5.54. The Bertz CT molecular complexity index is 899. The number of pyridine rings is 1. The number of rotatable bonds is 6. The van der Waals surface area contributed by atoms with E-state index in [0.717, 1.165) is 8.78 Å². The summed E-state index contributed by atoms with van der Waals surface area (Å²) < 4.78 is 32.1. The molecule has 1 aromatic carbocycles. The van der Waals surface area contributed by atoms with E-state index in [4.69, 9.17) is 4.74 Å². The molecule has 7 nitrogen and oxygen atoms in total. The van der Waals surface area contributed by atoms with Crippen LogP contribution in [0.1, 0.15) is 17.3 Å². The van der Waals surface area contributed by atoms with E-state index in [-0.39, 0.29) is 22.1 Å². The fourth-order valence-electron chi connectivity index (χ4n) is 2.30. The summed E-state index contributed by atoms with van der Waals surface area (Å²) in [6, 6.07) is 7.85. The van der Waals surface area contributed by atoms with Gasteiger partial charge in [0.25, 0.3) is 5.91 Å². The molecule has 9 heteroatoms. The highest BCUT2D eigenvalue weighted by molar-refractivity contribution is 9.10. The van der Waals surface area contributed by atoms with Crippen LogP contribution in [0.5, 0.6) is 5.75 Å². The third-order valence-corrected chi connectivity index (χ3v) is 6.02. The third kappa shape index (κ3) is 4.05. The summed E-state index contributed by atoms with van der Waals surface area (Å²) in [6.07, 6.45) is 1.60. The molecule has 0 saturated carbocycles. The van der Waals surface area contributed by atoms with Crippen molar-refractivity contribution in [2.24, 2.45) is 0 Å². The number of aromatic nitrogens is 1. The zero-order valence-electron chi connectivity index (χ0n) is 14.9. The molecule has 0 fully saturated rings. The van der Waals surface area contributed by atoms with Crippen molar-refractivity contribution in [2.75, 3.05) is 32.6 Å². The second-order valence-corrected chi connectivity index (χ2v) is 8.57. The normalized spacial score (nSPS) is 11.5. The highest BCUT2D eigenvalue weighted by atomic mass is 79.9. The molecule has 0 saturated heterocycles. The van der Waals surface area contributed by atoms with Gasteiger partial charge in [-0.3, -0.25) is 9.69 Å². The Morgan fingerprint density at radius 1 is 1.23 bits per heavy atom. The molecular weight excluding hydrogens is 422 g/mol. The number of benzene rings is 1. The van der Waals surface area contributed by atoms with Gasteiger partial charge in [0.05, 0.1) is 7.11 Å². The Hall–Kier alpha value is -1.97. The summed E-state index contributed by atoms with van der Waals surface area (Å²) in [6.45, 7) is 2.21. The van der Waals surface area contributed by atoms with Gasteiger partial charge in [-0.15, -0.1) is 0 Å². The van der Waals surface area contributed by atoms with Crippen molar-refractivity contribution in [3.63, 3.8) is 0 Å². The van der Waals surface area contributed by atoms with Crippen LogP contribution in [0.15, 0.2) is 45.9 Å². The molecule has 1 amide bonds. The molecular formula is C17H20BrN3O4S. The summed E-state index contributed by atoms with van der Waals surface area (Å²) in [7, 11) is 0.470. The van der Waals surface area contributed by atoms with Gasteiger partial charge in [0.1, 0.15) is 16.5 Å². The molecule has 26 heavy (non-hydrogen) atoms. The van der Waals surface area contributed by atoms with E-state index >= 15 is 0 Å². The molecule has 1 aromatic heterocycles. The van der Waals surface area contributed by atoms with Crippen LogP contribution in [0.25, 0.3) is 0 Å². The van der Waals surface area contributed by atoms with E-state index in [1.807, 2.05) is 6.92 Å². The van der Waals surface area contributed by atoms with Gasteiger partial charge < -0.3 is 4.74 Å². The lowest BCUT2D eigenvalue weighted by Gasteiger charge is -2.21. The first-order valence-corrected chi connectivity index (χ1v) is 9.99. The Labute approximate surface area is 161 Å². The number of nitrogens with zero attached hydrogens (tertiary/aromatic N) is 3. The van der Waals surface area contributed by atoms with Gasteiger partial charge in [0.2, 0.25) is 10.0 Å². The van der Waals surface area contributed by atoms with Crippen LogP contribution >= 0.6 is 15.9 Å². The number of amides is 1. The first-order chi connectivity index (χ1) is 12.2. The summed E-state index contributed by atoms with van der Waals surface area (Å²) >= 11 is 3.31. The molecule has 2 aromatic rings. The minimum atomic E-state index is -3.76. The first-order valence-electron chi connectivity index (χ1n) is 7.76. The molecule has 140 valence electrons. The van der Waals surface area contributed by atoms with Gasteiger partial charge in [-0.2, -0.15) is 0 Å². The molecule has 0 bridgehead atoms. The van der Waals surface area contributed by atoms with Gasteiger partial charge in [-0.05, 0) is 53.2 Å². The lowest BCUT2D eigenvalue weighted by Crippen LogP contribution is -2.31. The molecule has 0 atom stereocenters. The maximum Gasteiger partial charge on any atom is 0.259 e. The SMILES string of the molecule is CCN(C(=O)c1ccc(OC)c(S(=O)(=O)N(C)C)c1)c1ccc(Br)cn1. The predicted molar refractivity (Wildman–Crippen MR) is 103 cm³/mol. The monoisotopic (exact) mass is 441 g/mol. The smallest absolute Gasteiger partial charge is 0.259 e. The molecule has 0 aliphatic rings. The Morgan fingerprint density at radius 2 is 1.92 bits per heavy atom. The number of hydrogen-bond donors (Lipinski definition) is 0. The standard InChI is InChI=1S/C17H20BrN3O4S/c1-5-21(16-9-7-13(18)11-19-16)17(22)12-6-8-14(25-4)15(10-12)26(23,24)20(2)3/h6-11H,5H2,1-4H3. The highest BCUT2D eigenvalue weighted by Gasteiger charge is 2.25. The van der Waals surface area contributed by atoms with E-state index in [9.17, 15) is 13.2 Å². The van der Waals surface area contributed by atoms with Crippen molar-refractivity contribution < 1.29 is 17.9 Å². The van der Waals surface area contributed by atoms with Crippen molar-refractivity contribution in [2.45, 2.75) is 11.8 Å². The van der Waals surface area contributed by atoms with Crippen molar-refractivity contribution in [1.29, 1.82) is 0 Å². The average molecular weight is 442 g/mol. The average Bonchev–Trinajstić information content (AvgIpc) is 2.63. The van der Waals surface area contributed by atoms with E-state index in [2.05, 4.69) is 20.9 Å². The Morgan fingerprint density at radius 3 is 2.42 bits per heavy atom. The fourth-order valence-corrected chi connectivity index (χ4v) is 3.61. The molecule has 1 heterocycles. The number of ether oxygens (including phenoxy) is 1. The fraction of sp³-hybridized carbons (Fsp3) is 0.294. The van der Waals surface area contributed by atoms with Crippen molar-refractivity contribution in [3.8, 4) is 5.75 Å². The van der Waals surface area contributed by atoms with Gasteiger partial charge in [0.15, 0.2) is 0 Å². The molecule has 0 spiro atoms. The molecule has 0 aliphatic heterocycles.